The molecule has 0 radical (unpaired) electrons. The van der Waals surface area contributed by atoms with Crippen molar-refractivity contribution in [3.63, 3.8) is 0 Å². The van der Waals surface area contributed by atoms with E-state index in [1.807, 2.05) is 30.3 Å². The number of carbonyl (C=O) groups is 2. The summed E-state index contributed by atoms with van der Waals surface area (Å²) in [5.41, 5.74) is 1.51. The number of aliphatic carboxylic acids is 1. The first kappa shape index (κ1) is 14.8. The molecule has 0 saturated heterocycles. The standard InChI is InChI=1S/C15H15NO5/c17-12(15(19)20)6-8-16-14(18)13-11(7-9-21-13)10-4-2-1-3-5-10/h1-5,7,9,12,17H,6,8H2,(H,16,18)(H,19,20). The van der Waals surface area contributed by atoms with E-state index in [2.05, 4.69) is 5.32 Å². The number of furan rings is 1. The summed E-state index contributed by atoms with van der Waals surface area (Å²) < 4.78 is 5.19. The molecule has 1 aromatic heterocycles. The second kappa shape index (κ2) is 6.71. The summed E-state index contributed by atoms with van der Waals surface area (Å²) in [6.07, 6.45) is -0.137. The predicted molar refractivity (Wildman–Crippen MR) is 74.7 cm³/mol. The Morgan fingerprint density at radius 2 is 1.90 bits per heavy atom. The Bertz CT molecular complexity index is 620. The molecule has 1 aromatic carbocycles. The summed E-state index contributed by atoms with van der Waals surface area (Å²) >= 11 is 0. The fourth-order valence-electron chi connectivity index (χ4n) is 1.86. The summed E-state index contributed by atoms with van der Waals surface area (Å²) in [6.45, 7) is 0.0429. The number of amides is 1. The molecule has 0 aliphatic rings. The van der Waals surface area contributed by atoms with Gasteiger partial charge in [0.05, 0.1) is 6.26 Å². The average molecular weight is 289 g/mol. The maximum Gasteiger partial charge on any atom is 0.332 e. The lowest BCUT2D eigenvalue weighted by Crippen LogP contribution is -2.30. The quantitative estimate of drug-likeness (QED) is 0.748. The van der Waals surface area contributed by atoms with Crippen LogP contribution in [-0.2, 0) is 4.79 Å². The first-order valence-corrected chi connectivity index (χ1v) is 6.41. The maximum atomic E-state index is 12.0. The van der Waals surface area contributed by atoms with Gasteiger partial charge in [0.15, 0.2) is 11.9 Å². The molecule has 0 aliphatic carbocycles. The third kappa shape index (κ3) is 3.70. The van der Waals surface area contributed by atoms with Gasteiger partial charge in [0.1, 0.15) is 0 Å². The molecule has 110 valence electrons. The molecule has 0 saturated carbocycles. The number of hydrogen-bond donors (Lipinski definition) is 3. The highest BCUT2D eigenvalue weighted by Gasteiger charge is 2.18. The average Bonchev–Trinajstić information content (AvgIpc) is 2.97. The second-order valence-corrected chi connectivity index (χ2v) is 4.43. The maximum absolute atomic E-state index is 12.0. The largest absolute Gasteiger partial charge is 0.479 e. The lowest BCUT2D eigenvalue weighted by atomic mass is 10.1. The first-order valence-electron chi connectivity index (χ1n) is 6.41. The summed E-state index contributed by atoms with van der Waals surface area (Å²) in [5.74, 6) is -1.60. The summed E-state index contributed by atoms with van der Waals surface area (Å²) in [5, 5.41) is 20.2. The highest BCUT2D eigenvalue weighted by atomic mass is 16.4. The van der Waals surface area contributed by atoms with Crippen molar-refractivity contribution in [3.05, 3.63) is 48.4 Å². The topological polar surface area (TPSA) is 99.8 Å². The number of rotatable bonds is 6. The molecule has 0 bridgehead atoms. The summed E-state index contributed by atoms with van der Waals surface area (Å²) in [6, 6.07) is 11.0. The third-order valence-corrected chi connectivity index (χ3v) is 2.94. The number of carboxylic acid groups (broad SMARTS) is 1. The Hall–Kier alpha value is -2.60. The van der Waals surface area contributed by atoms with Gasteiger partial charge in [0, 0.05) is 18.5 Å². The molecule has 21 heavy (non-hydrogen) atoms. The number of benzene rings is 1. The Morgan fingerprint density at radius 3 is 2.57 bits per heavy atom. The highest BCUT2D eigenvalue weighted by Crippen LogP contribution is 2.24. The van der Waals surface area contributed by atoms with Crippen molar-refractivity contribution in [1.29, 1.82) is 0 Å². The molecule has 6 heteroatoms. The minimum absolute atomic E-state index is 0.0429. The summed E-state index contributed by atoms with van der Waals surface area (Å²) in [7, 11) is 0. The van der Waals surface area contributed by atoms with Crippen molar-refractivity contribution in [2.24, 2.45) is 0 Å². The van der Waals surface area contributed by atoms with Gasteiger partial charge in [-0.05, 0) is 11.6 Å². The van der Waals surface area contributed by atoms with Crippen LogP contribution in [0.15, 0.2) is 47.1 Å². The Labute approximate surface area is 121 Å². The molecular formula is C15H15NO5. The zero-order valence-electron chi connectivity index (χ0n) is 11.2. The molecule has 2 rings (SSSR count). The van der Waals surface area contributed by atoms with Crippen LogP contribution >= 0.6 is 0 Å². The van der Waals surface area contributed by atoms with Crippen LogP contribution in [0.3, 0.4) is 0 Å². The molecule has 1 heterocycles. The van der Waals surface area contributed by atoms with Crippen molar-refractivity contribution in [2.45, 2.75) is 12.5 Å². The van der Waals surface area contributed by atoms with Gasteiger partial charge in [-0.2, -0.15) is 0 Å². The zero-order chi connectivity index (χ0) is 15.2. The van der Waals surface area contributed by atoms with E-state index in [0.717, 1.165) is 5.56 Å². The Balaban J connectivity index is 2.01. The second-order valence-electron chi connectivity index (χ2n) is 4.43. The predicted octanol–water partition coefficient (Wildman–Crippen LogP) is 1.51. The molecule has 0 fully saturated rings. The minimum Gasteiger partial charge on any atom is -0.479 e. The fourth-order valence-corrected chi connectivity index (χ4v) is 1.86. The van der Waals surface area contributed by atoms with Gasteiger partial charge in [0.2, 0.25) is 0 Å². The van der Waals surface area contributed by atoms with E-state index < -0.39 is 18.0 Å². The van der Waals surface area contributed by atoms with E-state index in [-0.39, 0.29) is 18.7 Å². The van der Waals surface area contributed by atoms with Gasteiger partial charge in [-0.1, -0.05) is 30.3 Å². The fraction of sp³-hybridized carbons (Fsp3) is 0.200. The van der Waals surface area contributed by atoms with E-state index in [4.69, 9.17) is 14.6 Å². The number of aliphatic hydroxyl groups excluding tert-OH is 1. The van der Waals surface area contributed by atoms with Crippen molar-refractivity contribution >= 4 is 11.9 Å². The SMILES string of the molecule is O=C(NCCC(O)C(=O)O)c1occc1-c1ccccc1. The lowest BCUT2D eigenvalue weighted by molar-refractivity contribution is -0.146. The molecule has 2 aromatic rings. The number of aliphatic hydroxyl groups is 1. The van der Waals surface area contributed by atoms with Crippen molar-refractivity contribution in [2.75, 3.05) is 6.54 Å². The molecule has 0 aliphatic heterocycles. The van der Waals surface area contributed by atoms with Crippen LogP contribution in [0.1, 0.15) is 17.0 Å². The number of carbonyl (C=O) groups excluding carboxylic acids is 1. The van der Waals surface area contributed by atoms with E-state index in [0.29, 0.717) is 5.56 Å². The van der Waals surface area contributed by atoms with Gasteiger partial charge in [-0.3, -0.25) is 4.79 Å². The number of nitrogens with one attached hydrogen (secondary N) is 1. The molecule has 3 N–H and O–H groups in total. The first-order chi connectivity index (χ1) is 10.1. The molecular weight excluding hydrogens is 274 g/mol. The molecule has 0 spiro atoms. The van der Waals surface area contributed by atoms with Gasteiger partial charge in [-0.25, -0.2) is 4.79 Å². The van der Waals surface area contributed by atoms with E-state index >= 15 is 0 Å². The van der Waals surface area contributed by atoms with E-state index in [1.54, 1.807) is 6.07 Å². The minimum atomic E-state index is -1.49. The van der Waals surface area contributed by atoms with Gasteiger partial charge < -0.3 is 19.9 Å². The lowest BCUT2D eigenvalue weighted by Gasteiger charge is -2.07. The van der Waals surface area contributed by atoms with Crippen LogP contribution in [0.5, 0.6) is 0 Å². The smallest absolute Gasteiger partial charge is 0.332 e. The van der Waals surface area contributed by atoms with Crippen molar-refractivity contribution in [3.8, 4) is 11.1 Å². The van der Waals surface area contributed by atoms with Crippen LogP contribution in [0.4, 0.5) is 0 Å². The van der Waals surface area contributed by atoms with Crippen LogP contribution < -0.4 is 5.32 Å². The highest BCUT2D eigenvalue weighted by molar-refractivity contribution is 5.98. The van der Waals surface area contributed by atoms with Crippen LogP contribution in [0.25, 0.3) is 11.1 Å². The zero-order valence-corrected chi connectivity index (χ0v) is 11.2. The van der Waals surface area contributed by atoms with Gasteiger partial charge in [-0.15, -0.1) is 0 Å². The monoisotopic (exact) mass is 289 g/mol. The van der Waals surface area contributed by atoms with Crippen LogP contribution in [0.2, 0.25) is 0 Å². The van der Waals surface area contributed by atoms with Crippen molar-refractivity contribution < 1.29 is 24.2 Å². The number of carboxylic acids is 1. The molecule has 1 unspecified atom stereocenters. The van der Waals surface area contributed by atoms with Crippen LogP contribution in [0, 0.1) is 0 Å². The Morgan fingerprint density at radius 1 is 1.19 bits per heavy atom. The van der Waals surface area contributed by atoms with Gasteiger partial charge >= 0.3 is 5.97 Å². The number of hydrogen-bond acceptors (Lipinski definition) is 4. The van der Waals surface area contributed by atoms with E-state index in [9.17, 15) is 9.59 Å². The molecule has 1 atom stereocenters. The van der Waals surface area contributed by atoms with E-state index in [1.165, 1.54) is 6.26 Å². The van der Waals surface area contributed by atoms with Crippen LogP contribution in [-0.4, -0.2) is 34.7 Å². The normalized spacial score (nSPS) is 11.9. The van der Waals surface area contributed by atoms with Crippen molar-refractivity contribution in [1.82, 2.24) is 5.32 Å². The Kier molecular flexibility index (Phi) is 4.73. The molecule has 1 amide bonds. The third-order valence-electron chi connectivity index (χ3n) is 2.94. The summed E-state index contributed by atoms with van der Waals surface area (Å²) in [4.78, 5) is 22.5. The molecule has 6 nitrogen and oxygen atoms in total. The van der Waals surface area contributed by atoms with Gasteiger partial charge in [0.25, 0.3) is 5.91 Å².